The second kappa shape index (κ2) is 11.6. The minimum Gasteiger partial charge on any atom is -0.376 e. The standard InChI is InChI=1S/C23H28ClN3O5S/c1-2-17-5-9-19(10-6-17)27(16-22(28)25-14-20-4-3-13-32-20)23(29)15-26-33(30,31)21-11-7-18(24)8-12-21/h5-12,20,26H,2-4,13-16H2,1H3,(H,25,28). The minimum atomic E-state index is -3.92. The largest absolute Gasteiger partial charge is 0.376 e. The molecule has 3 rings (SSSR count). The van der Waals surface area contributed by atoms with Crippen molar-refractivity contribution in [3.8, 4) is 0 Å². The fourth-order valence-corrected chi connectivity index (χ4v) is 4.52. The molecule has 0 bridgehead atoms. The maximum atomic E-state index is 13.0. The molecule has 1 aliphatic rings. The molecular formula is C23H28ClN3O5S. The highest BCUT2D eigenvalue weighted by Crippen LogP contribution is 2.17. The van der Waals surface area contributed by atoms with Gasteiger partial charge in [-0.3, -0.25) is 9.59 Å². The topological polar surface area (TPSA) is 105 Å². The van der Waals surface area contributed by atoms with E-state index in [9.17, 15) is 18.0 Å². The van der Waals surface area contributed by atoms with Crippen LogP contribution >= 0.6 is 11.6 Å². The van der Waals surface area contributed by atoms with E-state index in [4.69, 9.17) is 16.3 Å². The highest BCUT2D eigenvalue weighted by Gasteiger charge is 2.23. The maximum Gasteiger partial charge on any atom is 0.242 e. The number of halogens is 1. The Morgan fingerprint density at radius 1 is 1.12 bits per heavy atom. The summed E-state index contributed by atoms with van der Waals surface area (Å²) >= 11 is 5.81. The van der Waals surface area contributed by atoms with Crippen LogP contribution in [0.25, 0.3) is 0 Å². The zero-order chi connectivity index (χ0) is 23.8. The van der Waals surface area contributed by atoms with E-state index >= 15 is 0 Å². The number of nitrogens with one attached hydrogen (secondary N) is 2. The van der Waals surface area contributed by atoms with Crippen LogP contribution in [0.3, 0.4) is 0 Å². The van der Waals surface area contributed by atoms with Crippen molar-refractivity contribution in [2.75, 3.05) is 31.1 Å². The van der Waals surface area contributed by atoms with Gasteiger partial charge in [0, 0.05) is 23.9 Å². The summed E-state index contributed by atoms with van der Waals surface area (Å²) in [5, 5.41) is 3.20. The van der Waals surface area contributed by atoms with E-state index < -0.39 is 22.5 Å². The number of benzene rings is 2. The third-order valence-corrected chi connectivity index (χ3v) is 7.02. The van der Waals surface area contributed by atoms with Crippen molar-refractivity contribution in [1.82, 2.24) is 10.0 Å². The van der Waals surface area contributed by atoms with Gasteiger partial charge in [0.05, 0.1) is 17.5 Å². The number of amides is 2. The van der Waals surface area contributed by atoms with Gasteiger partial charge in [0.1, 0.15) is 6.54 Å². The molecule has 2 N–H and O–H groups in total. The highest BCUT2D eigenvalue weighted by molar-refractivity contribution is 7.89. The first-order valence-electron chi connectivity index (χ1n) is 10.8. The molecule has 10 heteroatoms. The van der Waals surface area contributed by atoms with Crippen LogP contribution in [0.1, 0.15) is 25.3 Å². The van der Waals surface area contributed by atoms with Gasteiger partial charge in [-0.15, -0.1) is 0 Å². The number of nitrogens with zero attached hydrogens (tertiary/aromatic N) is 1. The molecule has 2 aromatic carbocycles. The second-order valence-electron chi connectivity index (χ2n) is 7.72. The molecule has 0 spiro atoms. The van der Waals surface area contributed by atoms with Crippen molar-refractivity contribution in [2.24, 2.45) is 0 Å². The summed E-state index contributed by atoms with van der Waals surface area (Å²) in [6.07, 6.45) is 2.65. The number of sulfonamides is 1. The smallest absolute Gasteiger partial charge is 0.242 e. The van der Waals surface area contributed by atoms with E-state index in [1.165, 1.54) is 29.2 Å². The van der Waals surface area contributed by atoms with Gasteiger partial charge in [-0.25, -0.2) is 13.1 Å². The Morgan fingerprint density at radius 3 is 2.42 bits per heavy atom. The summed E-state index contributed by atoms with van der Waals surface area (Å²) < 4.78 is 32.9. The quantitative estimate of drug-likeness (QED) is 0.529. The lowest BCUT2D eigenvalue weighted by Gasteiger charge is -2.23. The zero-order valence-electron chi connectivity index (χ0n) is 18.4. The molecule has 2 aromatic rings. The van der Waals surface area contributed by atoms with Gasteiger partial charge in [-0.1, -0.05) is 30.7 Å². The van der Waals surface area contributed by atoms with Crippen LogP contribution in [-0.4, -0.2) is 52.6 Å². The Kier molecular flexibility index (Phi) is 8.85. The first-order chi connectivity index (χ1) is 15.8. The second-order valence-corrected chi connectivity index (χ2v) is 9.92. The van der Waals surface area contributed by atoms with Crippen LogP contribution in [0.4, 0.5) is 5.69 Å². The van der Waals surface area contributed by atoms with Crippen molar-refractivity contribution >= 4 is 39.1 Å². The number of aryl methyl sites for hydroxylation is 1. The average molecular weight is 494 g/mol. The number of hydrogen-bond donors (Lipinski definition) is 2. The molecule has 0 aromatic heterocycles. The molecular weight excluding hydrogens is 466 g/mol. The lowest BCUT2D eigenvalue weighted by Crippen LogP contribution is -2.46. The van der Waals surface area contributed by atoms with E-state index in [2.05, 4.69) is 10.0 Å². The zero-order valence-corrected chi connectivity index (χ0v) is 20.0. The predicted octanol–water partition coefficient (Wildman–Crippen LogP) is 2.51. The van der Waals surface area contributed by atoms with Gasteiger partial charge >= 0.3 is 0 Å². The first-order valence-corrected chi connectivity index (χ1v) is 12.7. The number of carbonyl (C=O) groups is 2. The van der Waals surface area contributed by atoms with Gasteiger partial charge in [0.15, 0.2) is 0 Å². The van der Waals surface area contributed by atoms with Gasteiger partial charge in [-0.2, -0.15) is 0 Å². The third-order valence-electron chi connectivity index (χ3n) is 5.35. The Labute approximate surface area is 199 Å². The SMILES string of the molecule is CCc1ccc(N(CC(=O)NCC2CCCO2)C(=O)CNS(=O)(=O)c2ccc(Cl)cc2)cc1. The fraction of sp³-hybridized carbons (Fsp3) is 0.391. The average Bonchev–Trinajstić information content (AvgIpc) is 3.34. The number of hydrogen-bond acceptors (Lipinski definition) is 5. The fourth-order valence-electron chi connectivity index (χ4n) is 3.42. The lowest BCUT2D eigenvalue weighted by atomic mass is 10.1. The molecule has 8 nitrogen and oxygen atoms in total. The van der Waals surface area contributed by atoms with Crippen molar-refractivity contribution in [3.05, 3.63) is 59.1 Å². The first kappa shape index (κ1) is 25.2. The van der Waals surface area contributed by atoms with E-state index in [1.54, 1.807) is 12.1 Å². The van der Waals surface area contributed by atoms with Crippen LogP contribution in [0.15, 0.2) is 53.4 Å². The monoisotopic (exact) mass is 493 g/mol. The number of carbonyl (C=O) groups excluding carboxylic acids is 2. The molecule has 1 fully saturated rings. The molecule has 1 atom stereocenters. The number of rotatable bonds is 10. The molecule has 1 aliphatic heterocycles. The molecule has 0 aliphatic carbocycles. The molecule has 0 radical (unpaired) electrons. The Hall–Kier alpha value is -2.46. The van der Waals surface area contributed by atoms with Gasteiger partial charge in [0.2, 0.25) is 21.8 Å². The normalized spacial score (nSPS) is 15.9. The van der Waals surface area contributed by atoms with Crippen molar-refractivity contribution < 1.29 is 22.7 Å². The van der Waals surface area contributed by atoms with E-state index in [0.717, 1.165) is 24.8 Å². The summed E-state index contributed by atoms with van der Waals surface area (Å²) in [4.78, 5) is 26.8. The predicted molar refractivity (Wildman–Crippen MR) is 127 cm³/mol. The van der Waals surface area contributed by atoms with E-state index in [1.807, 2.05) is 19.1 Å². The third kappa shape index (κ3) is 7.26. The summed E-state index contributed by atoms with van der Waals surface area (Å²) in [5.41, 5.74) is 1.59. The summed E-state index contributed by atoms with van der Waals surface area (Å²) in [7, 11) is -3.92. The van der Waals surface area contributed by atoms with Crippen molar-refractivity contribution in [3.63, 3.8) is 0 Å². The van der Waals surface area contributed by atoms with Crippen molar-refractivity contribution in [1.29, 1.82) is 0 Å². The maximum absolute atomic E-state index is 13.0. The number of anilines is 1. The molecule has 1 heterocycles. The van der Waals surface area contributed by atoms with Gasteiger partial charge < -0.3 is 15.0 Å². The van der Waals surface area contributed by atoms with E-state index in [-0.39, 0.29) is 23.5 Å². The molecule has 1 saturated heterocycles. The highest BCUT2D eigenvalue weighted by atomic mass is 35.5. The van der Waals surface area contributed by atoms with Crippen LogP contribution in [0, 0.1) is 0 Å². The summed E-state index contributed by atoms with van der Waals surface area (Å²) in [6, 6.07) is 12.9. The molecule has 33 heavy (non-hydrogen) atoms. The summed E-state index contributed by atoms with van der Waals surface area (Å²) in [6.45, 7) is 2.34. The molecule has 1 unspecified atom stereocenters. The van der Waals surface area contributed by atoms with E-state index in [0.29, 0.717) is 23.9 Å². The molecule has 2 amide bonds. The Morgan fingerprint density at radius 2 is 1.82 bits per heavy atom. The molecule has 178 valence electrons. The van der Waals surface area contributed by atoms with Crippen LogP contribution in [0.5, 0.6) is 0 Å². The summed E-state index contributed by atoms with van der Waals surface area (Å²) in [5.74, 6) is -0.900. The minimum absolute atomic E-state index is 0.00662. The van der Waals surface area contributed by atoms with Crippen LogP contribution in [-0.2, 0) is 30.8 Å². The van der Waals surface area contributed by atoms with Crippen LogP contribution < -0.4 is 14.9 Å². The lowest BCUT2D eigenvalue weighted by molar-refractivity contribution is -0.123. The van der Waals surface area contributed by atoms with Gasteiger partial charge in [0.25, 0.3) is 0 Å². The number of ether oxygens (including phenoxy) is 1. The Balaban J connectivity index is 1.69. The Bertz CT molecular complexity index is 1050. The van der Waals surface area contributed by atoms with Crippen molar-refractivity contribution in [2.45, 2.75) is 37.2 Å². The van der Waals surface area contributed by atoms with Crippen LogP contribution in [0.2, 0.25) is 5.02 Å². The molecule has 0 saturated carbocycles. The van der Waals surface area contributed by atoms with Gasteiger partial charge in [-0.05, 0) is 61.2 Å².